The third-order valence-electron chi connectivity index (χ3n) is 1.40. The van der Waals surface area contributed by atoms with E-state index < -0.39 is 17.9 Å². The van der Waals surface area contributed by atoms with Crippen LogP contribution in [-0.4, -0.2) is 4.98 Å². The minimum absolute atomic E-state index is 0.0367. The second kappa shape index (κ2) is 4.45. The molecule has 13 heavy (non-hydrogen) atoms. The Balaban J connectivity index is 3.25. The number of rotatable bonds is 2. The number of nitrogens with zero attached hydrogens (tertiary/aromatic N) is 1. The summed E-state index contributed by atoms with van der Waals surface area (Å²) in [5.74, 6) is -0.791. The molecule has 0 radical (unpaired) electrons. The third kappa shape index (κ3) is 2.46. The fourth-order valence-electron chi connectivity index (χ4n) is 0.813. The summed E-state index contributed by atoms with van der Waals surface area (Å²) in [6.45, 7) is 0. The van der Waals surface area contributed by atoms with Crippen molar-refractivity contribution in [3.8, 4) is 0 Å². The van der Waals surface area contributed by atoms with Crippen molar-refractivity contribution in [2.75, 3.05) is 0 Å². The molecule has 0 saturated carbocycles. The number of hydrogen-bond donors (Lipinski definition) is 0. The lowest BCUT2D eigenvalue weighted by molar-refractivity contribution is 0.144. The van der Waals surface area contributed by atoms with Gasteiger partial charge in [0.1, 0.15) is 9.39 Å². The van der Waals surface area contributed by atoms with Crippen LogP contribution in [0.25, 0.3) is 0 Å². The Morgan fingerprint density at radius 3 is 2.62 bits per heavy atom. The van der Waals surface area contributed by atoms with Crippen LogP contribution in [0.5, 0.6) is 0 Å². The lowest BCUT2D eigenvalue weighted by Gasteiger charge is -2.05. The molecule has 1 aromatic heterocycles. The molecule has 1 rings (SSSR count). The Hall–Kier alpha value is -0.0400. The highest BCUT2D eigenvalue weighted by Gasteiger charge is 2.17. The molecule has 0 saturated heterocycles. The lowest BCUT2D eigenvalue weighted by atomic mass is 10.2. The second-order valence-electron chi connectivity index (χ2n) is 2.24. The van der Waals surface area contributed by atoms with Crippen molar-refractivity contribution in [3.05, 3.63) is 26.8 Å². The quantitative estimate of drug-likeness (QED) is 0.461. The molecule has 1 heterocycles. The summed E-state index contributed by atoms with van der Waals surface area (Å²) >= 11 is 6.91. The fourth-order valence-corrected chi connectivity index (χ4v) is 1.44. The monoisotopic (exact) mass is 321 g/mol. The maximum absolute atomic E-state index is 12.8. The molecule has 6 heteroatoms. The third-order valence-corrected chi connectivity index (χ3v) is 2.44. The van der Waals surface area contributed by atoms with Crippen molar-refractivity contribution >= 4 is 34.2 Å². The van der Waals surface area contributed by atoms with Crippen molar-refractivity contribution in [2.45, 2.75) is 12.3 Å². The van der Waals surface area contributed by atoms with Gasteiger partial charge in [0.05, 0.1) is 0 Å². The maximum Gasteiger partial charge on any atom is 0.280 e. The van der Waals surface area contributed by atoms with Crippen LogP contribution in [0, 0.1) is 9.52 Å². The van der Waals surface area contributed by atoms with E-state index in [1.54, 1.807) is 22.6 Å². The lowest BCUT2D eigenvalue weighted by Crippen LogP contribution is -2.01. The summed E-state index contributed by atoms with van der Waals surface area (Å²) in [7, 11) is 0. The summed E-state index contributed by atoms with van der Waals surface area (Å²) in [4.78, 5) is 3.42. The van der Waals surface area contributed by atoms with Gasteiger partial charge in [-0.1, -0.05) is 0 Å². The van der Waals surface area contributed by atoms with E-state index in [4.69, 9.17) is 11.6 Å². The predicted octanol–water partition coefficient (Wildman–Crippen LogP) is 3.50. The van der Waals surface area contributed by atoms with Crippen LogP contribution < -0.4 is 0 Å². The van der Waals surface area contributed by atoms with Gasteiger partial charge >= 0.3 is 0 Å². The Kier molecular flexibility index (Phi) is 3.78. The molecule has 0 N–H and O–H groups in total. The van der Waals surface area contributed by atoms with Crippen LogP contribution in [0.1, 0.15) is 17.7 Å². The number of aromatic nitrogens is 1. The smallest absolute Gasteiger partial charge is 0.237 e. The largest absolute Gasteiger partial charge is 0.280 e. The number of pyridine rings is 1. The van der Waals surface area contributed by atoms with E-state index in [2.05, 4.69) is 4.98 Å². The number of alkyl halides is 3. The maximum atomic E-state index is 12.8. The van der Waals surface area contributed by atoms with Gasteiger partial charge in [-0.2, -0.15) is 0 Å². The van der Waals surface area contributed by atoms with Crippen molar-refractivity contribution in [1.29, 1.82) is 0 Å². The van der Waals surface area contributed by atoms with Crippen molar-refractivity contribution in [3.63, 3.8) is 0 Å². The zero-order valence-corrected chi connectivity index (χ0v) is 9.11. The first kappa shape index (κ1) is 11.0. The average molecular weight is 321 g/mol. The van der Waals surface area contributed by atoms with Gasteiger partial charge in [0.25, 0.3) is 6.43 Å². The highest BCUT2D eigenvalue weighted by molar-refractivity contribution is 14.1. The normalized spacial score (nSPS) is 10.9. The molecule has 0 spiro atoms. The molecule has 0 amide bonds. The highest BCUT2D eigenvalue weighted by atomic mass is 127. The Bertz CT molecular complexity index is 319. The van der Waals surface area contributed by atoms with Gasteiger partial charge in [0.15, 0.2) is 5.82 Å². The summed E-state index contributed by atoms with van der Waals surface area (Å²) in [5.41, 5.74) is -0.407. The number of halogens is 5. The molecule has 0 aliphatic rings. The van der Waals surface area contributed by atoms with Crippen molar-refractivity contribution in [1.82, 2.24) is 4.98 Å². The summed E-state index contributed by atoms with van der Waals surface area (Å²) in [6, 6.07) is 0.989. The summed E-state index contributed by atoms with van der Waals surface area (Å²) in [5, 5.41) is 0. The van der Waals surface area contributed by atoms with Crippen molar-refractivity contribution in [2.24, 2.45) is 0 Å². The Labute approximate surface area is 91.4 Å². The zero-order chi connectivity index (χ0) is 10.0. The first-order valence-electron chi connectivity index (χ1n) is 3.25. The van der Waals surface area contributed by atoms with E-state index in [1.165, 1.54) is 0 Å². The van der Waals surface area contributed by atoms with E-state index >= 15 is 0 Å². The standard InChI is InChI=1S/C7H4ClF3IN/c8-2-3-1-4(9)7(12)13-5(3)6(10)11/h1,6H,2H2. The molecule has 0 atom stereocenters. The van der Waals surface area contributed by atoms with E-state index in [0.717, 1.165) is 6.07 Å². The first-order chi connectivity index (χ1) is 6.06. The zero-order valence-electron chi connectivity index (χ0n) is 6.20. The van der Waals surface area contributed by atoms with E-state index in [9.17, 15) is 13.2 Å². The minimum Gasteiger partial charge on any atom is -0.237 e. The fraction of sp³-hybridized carbons (Fsp3) is 0.286. The summed E-state index contributed by atoms with van der Waals surface area (Å²) < 4.78 is 37.3. The topological polar surface area (TPSA) is 12.9 Å². The molecular weight excluding hydrogens is 317 g/mol. The van der Waals surface area contributed by atoms with Crippen LogP contribution in [0.15, 0.2) is 6.07 Å². The van der Waals surface area contributed by atoms with Gasteiger partial charge < -0.3 is 0 Å². The molecule has 1 aromatic rings. The van der Waals surface area contributed by atoms with E-state index in [0.29, 0.717) is 0 Å². The molecule has 0 aliphatic carbocycles. The Morgan fingerprint density at radius 2 is 2.15 bits per heavy atom. The molecule has 0 fully saturated rings. The first-order valence-corrected chi connectivity index (χ1v) is 4.86. The molecular formula is C7H4ClF3IN. The SMILES string of the molecule is Fc1cc(CCl)c(C(F)F)nc1I. The second-order valence-corrected chi connectivity index (χ2v) is 3.53. The van der Waals surface area contributed by atoms with Gasteiger partial charge in [0.2, 0.25) is 0 Å². The van der Waals surface area contributed by atoms with Gasteiger partial charge in [-0.15, -0.1) is 11.6 Å². The Morgan fingerprint density at radius 1 is 1.54 bits per heavy atom. The van der Waals surface area contributed by atoms with Crippen LogP contribution in [0.2, 0.25) is 0 Å². The molecule has 72 valence electrons. The predicted molar refractivity (Wildman–Crippen MR) is 51.4 cm³/mol. The molecule has 0 aliphatic heterocycles. The summed E-state index contributed by atoms with van der Waals surface area (Å²) in [6.07, 6.45) is -2.72. The van der Waals surface area contributed by atoms with Gasteiger partial charge in [-0.25, -0.2) is 18.2 Å². The highest BCUT2D eigenvalue weighted by Crippen LogP contribution is 2.24. The van der Waals surface area contributed by atoms with E-state index in [1.807, 2.05) is 0 Å². The number of hydrogen-bond acceptors (Lipinski definition) is 1. The van der Waals surface area contributed by atoms with Crippen LogP contribution >= 0.6 is 34.2 Å². The van der Waals surface area contributed by atoms with E-state index in [-0.39, 0.29) is 15.1 Å². The molecule has 1 nitrogen and oxygen atoms in total. The van der Waals surface area contributed by atoms with Crippen LogP contribution in [0.4, 0.5) is 13.2 Å². The molecule has 0 aromatic carbocycles. The average Bonchev–Trinajstić information content (AvgIpc) is 2.08. The van der Waals surface area contributed by atoms with Gasteiger partial charge in [0, 0.05) is 5.88 Å². The molecule has 0 unspecified atom stereocenters. The van der Waals surface area contributed by atoms with Crippen LogP contribution in [-0.2, 0) is 5.88 Å². The van der Waals surface area contributed by atoms with Crippen LogP contribution in [0.3, 0.4) is 0 Å². The minimum atomic E-state index is -2.72. The van der Waals surface area contributed by atoms with Gasteiger partial charge in [-0.05, 0) is 34.2 Å². The van der Waals surface area contributed by atoms with Crippen molar-refractivity contribution < 1.29 is 13.2 Å². The molecule has 0 bridgehead atoms. The van der Waals surface area contributed by atoms with Gasteiger partial charge in [-0.3, -0.25) is 0 Å².